The van der Waals surface area contributed by atoms with Crippen molar-refractivity contribution < 1.29 is 9.47 Å². The molecule has 2 aromatic carbocycles. The number of rotatable bonds is 4. The lowest BCUT2D eigenvalue weighted by Gasteiger charge is -2.45. The molecule has 1 fully saturated rings. The van der Waals surface area contributed by atoms with Crippen molar-refractivity contribution in [2.75, 3.05) is 20.3 Å². The lowest BCUT2D eigenvalue weighted by molar-refractivity contribution is -0.0402. The first kappa shape index (κ1) is 16.4. The summed E-state index contributed by atoms with van der Waals surface area (Å²) in [5.41, 5.74) is 5.42. The molecule has 2 bridgehead atoms. The second-order valence-electron chi connectivity index (χ2n) is 6.99. The van der Waals surface area contributed by atoms with Crippen molar-refractivity contribution in [3.63, 3.8) is 0 Å². The highest BCUT2D eigenvalue weighted by Gasteiger charge is 2.35. The average Bonchev–Trinajstić information content (AvgIpc) is 2.63. The fourth-order valence-corrected chi connectivity index (χ4v) is 3.98. The van der Waals surface area contributed by atoms with Gasteiger partial charge >= 0.3 is 0 Å². The Kier molecular flexibility index (Phi) is 4.60. The van der Waals surface area contributed by atoms with Crippen LogP contribution in [0, 0.1) is 6.92 Å². The second-order valence-corrected chi connectivity index (χ2v) is 6.99. The molecule has 0 radical (unpaired) electrons. The van der Waals surface area contributed by atoms with Gasteiger partial charge in [0.25, 0.3) is 0 Å². The SMILES string of the molecule is COc1ccc(C)c(C2=CC3COCC(C2)N3Cc2ccccc2)c1. The van der Waals surface area contributed by atoms with Gasteiger partial charge in [0, 0.05) is 12.6 Å². The maximum atomic E-state index is 5.85. The monoisotopic (exact) mass is 335 g/mol. The highest BCUT2D eigenvalue weighted by molar-refractivity contribution is 5.71. The number of aryl methyl sites for hydroxylation is 1. The summed E-state index contributed by atoms with van der Waals surface area (Å²) in [6, 6.07) is 17.9. The molecule has 2 heterocycles. The molecule has 0 aromatic heterocycles. The van der Waals surface area contributed by atoms with E-state index in [0.717, 1.165) is 31.9 Å². The Morgan fingerprint density at radius 3 is 2.72 bits per heavy atom. The van der Waals surface area contributed by atoms with Gasteiger partial charge in [-0.2, -0.15) is 0 Å². The number of hydrogen-bond donors (Lipinski definition) is 0. The van der Waals surface area contributed by atoms with E-state index in [2.05, 4.69) is 60.4 Å². The third kappa shape index (κ3) is 3.35. The maximum Gasteiger partial charge on any atom is 0.119 e. The van der Waals surface area contributed by atoms with Crippen molar-refractivity contribution in [3.8, 4) is 5.75 Å². The van der Waals surface area contributed by atoms with E-state index < -0.39 is 0 Å². The molecule has 2 atom stereocenters. The lowest BCUT2D eigenvalue weighted by atomic mass is 9.87. The molecule has 0 amide bonds. The minimum absolute atomic E-state index is 0.341. The maximum absolute atomic E-state index is 5.85. The Balaban J connectivity index is 1.63. The van der Waals surface area contributed by atoms with Gasteiger partial charge in [-0.25, -0.2) is 0 Å². The molecule has 1 saturated heterocycles. The quantitative estimate of drug-likeness (QED) is 0.841. The zero-order valence-corrected chi connectivity index (χ0v) is 14.9. The largest absolute Gasteiger partial charge is 0.497 e. The molecule has 2 aromatic rings. The van der Waals surface area contributed by atoms with Gasteiger partial charge in [0.05, 0.1) is 26.4 Å². The molecule has 0 aliphatic carbocycles. The van der Waals surface area contributed by atoms with Crippen molar-refractivity contribution in [2.45, 2.75) is 32.0 Å². The number of hydrogen-bond acceptors (Lipinski definition) is 3. The summed E-state index contributed by atoms with van der Waals surface area (Å²) in [6.07, 6.45) is 3.43. The Morgan fingerprint density at radius 2 is 1.96 bits per heavy atom. The molecular weight excluding hydrogens is 310 g/mol. The predicted octanol–water partition coefficient (Wildman–Crippen LogP) is 4.06. The molecule has 130 valence electrons. The molecule has 3 heteroatoms. The van der Waals surface area contributed by atoms with Crippen LogP contribution in [0.15, 0.2) is 54.6 Å². The van der Waals surface area contributed by atoms with Crippen molar-refractivity contribution >= 4 is 5.57 Å². The second kappa shape index (κ2) is 7.03. The smallest absolute Gasteiger partial charge is 0.119 e. The molecule has 4 rings (SSSR count). The van der Waals surface area contributed by atoms with E-state index in [1.165, 1.54) is 22.3 Å². The molecule has 2 aliphatic rings. The van der Waals surface area contributed by atoms with Gasteiger partial charge in [-0.05, 0) is 47.7 Å². The molecular formula is C22H25NO2. The van der Waals surface area contributed by atoms with Gasteiger partial charge in [0.2, 0.25) is 0 Å². The highest BCUT2D eigenvalue weighted by Crippen LogP contribution is 2.35. The van der Waals surface area contributed by atoms with Gasteiger partial charge in [-0.15, -0.1) is 0 Å². The Labute approximate surface area is 149 Å². The topological polar surface area (TPSA) is 21.7 Å². The predicted molar refractivity (Wildman–Crippen MR) is 101 cm³/mol. The first-order valence-corrected chi connectivity index (χ1v) is 8.97. The summed E-state index contributed by atoms with van der Waals surface area (Å²) >= 11 is 0. The molecule has 0 spiro atoms. The van der Waals surface area contributed by atoms with Gasteiger partial charge in [0.1, 0.15) is 5.75 Å². The highest BCUT2D eigenvalue weighted by atomic mass is 16.5. The molecule has 2 unspecified atom stereocenters. The van der Waals surface area contributed by atoms with E-state index in [-0.39, 0.29) is 0 Å². The van der Waals surface area contributed by atoms with Crippen LogP contribution in [0.5, 0.6) is 5.75 Å². The van der Waals surface area contributed by atoms with Crippen molar-refractivity contribution in [1.29, 1.82) is 0 Å². The summed E-state index contributed by atoms with van der Waals surface area (Å²) in [7, 11) is 1.73. The summed E-state index contributed by atoms with van der Waals surface area (Å²) < 4.78 is 11.3. The van der Waals surface area contributed by atoms with E-state index >= 15 is 0 Å². The van der Waals surface area contributed by atoms with Crippen LogP contribution in [0.4, 0.5) is 0 Å². The van der Waals surface area contributed by atoms with E-state index in [9.17, 15) is 0 Å². The van der Waals surface area contributed by atoms with Crippen LogP contribution in [0.2, 0.25) is 0 Å². The normalized spacial score (nSPS) is 23.2. The summed E-state index contributed by atoms with van der Waals surface area (Å²) in [5.74, 6) is 0.926. The molecule has 2 aliphatic heterocycles. The van der Waals surface area contributed by atoms with Gasteiger partial charge in [-0.1, -0.05) is 42.5 Å². The van der Waals surface area contributed by atoms with Crippen molar-refractivity contribution in [3.05, 3.63) is 71.3 Å². The fraction of sp³-hybridized carbons (Fsp3) is 0.364. The summed E-state index contributed by atoms with van der Waals surface area (Å²) in [5, 5.41) is 0. The van der Waals surface area contributed by atoms with E-state index in [4.69, 9.17) is 9.47 Å². The standard InChI is InChI=1S/C22H25NO2/c1-16-8-9-21(24-2)12-22(16)18-10-19-14-25-15-20(11-18)23(19)13-17-6-4-3-5-7-17/h3-10,12,19-20H,11,13-15H2,1-2H3. The van der Waals surface area contributed by atoms with Crippen LogP contribution in [-0.2, 0) is 11.3 Å². The van der Waals surface area contributed by atoms with Crippen LogP contribution >= 0.6 is 0 Å². The number of fused-ring (bicyclic) bond motifs is 2. The van der Waals surface area contributed by atoms with Crippen LogP contribution < -0.4 is 4.74 Å². The third-order valence-electron chi connectivity index (χ3n) is 5.34. The number of benzene rings is 2. The average molecular weight is 335 g/mol. The Bertz CT molecular complexity index is 769. The minimum Gasteiger partial charge on any atom is -0.497 e. The Morgan fingerprint density at radius 1 is 1.12 bits per heavy atom. The molecule has 0 N–H and O–H groups in total. The lowest BCUT2D eigenvalue weighted by Crippen LogP contribution is -2.53. The number of morpholine rings is 1. The third-order valence-corrected chi connectivity index (χ3v) is 5.34. The van der Waals surface area contributed by atoms with Crippen LogP contribution in [-0.4, -0.2) is 37.3 Å². The number of nitrogens with zero attached hydrogens (tertiary/aromatic N) is 1. The van der Waals surface area contributed by atoms with Crippen LogP contribution in [0.25, 0.3) is 5.57 Å². The first-order chi connectivity index (χ1) is 12.2. The van der Waals surface area contributed by atoms with Gasteiger partial charge in [-0.3, -0.25) is 4.90 Å². The van der Waals surface area contributed by atoms with E-state index in [1.807, 2.05) is 6.07 Å². The Hall–Kier alpha value is -2.10. The first-order valence-electron chi connectivity index (χ1n) is 8.97. The molecule has 25 heavy (non-hydrogen) atoms. The molecule has 3 nitrogen and oxygen atoms in total. The van der Waals surface area contributed by atoms with Gasteiger partial charge < -0.3 is 9.47 Å². The zero-order valence-electron chi connectivity index (χ0n) is 14.9. The summed E-state index contributed by atoms with van der Waals surface area (Å²) in [6.45, 7) is 4.75. The zero-order chi connectivity index (χ0) is 17.2. The molecule has 0 saturated carbocycles. The summed E-state index contributed by atoms with van der Waals surface area (Å²) in [4.78, 5) is 2.60. The van der Waals surface area contributed by atoms with E-state index in [0.29, 0.717) is 12.1 Å². The number of methoxy groups -OCH3 is 1. The van der Waals surface area contributed by atoms with Crippen molar-refractivity contribution in [2.24, 2.45) is 0 Å². The van der Waals surface area contributed by atoms with Gasteiger partial charge in [0.15, 0.2) is 0 Å². The van der Waals surface area contributed by atoms with Crippen LogP contribution in [0.1, 0.15) is 23.1 Å². The van der Waals surface area contributed by atoms with Crippen LogP contribution in [0.3, 0.4) is 0 Å². The number of ether oxygens (including phenoxy) is 2. The van der Waals surface area contributed by atoms with E-state index in [1.54, 1.807) is 7.11 Å². The fourth-order valence-electron chi connectivity index (χ4n) is 3.98. The minimum atomic E-state index is 0.341. The van der Waals surface area contributed by atoms with Crippen molar-refractivity contribution in [1.82, 2.24) is 4.90 Å².